The molecule has 2 aliphatic rings. The molecule has 2 unspecified atom stereocenters. The number of H-pyrrole nitrogens is 1. The van der Waals surface area contributed by atoms with E-state index in [0.29, 0.717) is 12.0 Å². The van der Waals surface area contributed by atoms with Crippen molar-refractivity contribution in [1.29, 1.82) is 0 Å². The summed E-state index contributed by atoms with van der Waals surface area (Å²) in [6, 6.07) is 13.9. The van der Waals surface area contributed by atoms with Gasteiger partial charge in [-0.1, -0.05) is 44.2 Å². The Kier molecular flexibility index (Phi) is 7.94. The number of hydrogen-bond acceptors (Lipinski definition) is 2. The van der Waals surface area contributed by atoms with E-state index in [-0.39, 0.29) is 0 Å². The first-order valence-electron chi connectivity index (χ1n) is 11.2. The van der Waals surface area contributed by atoms with E-state index in [0.717, 1.165) is 11.8 Å². The van der Waals surface area contributed by atoms with Gasteiger partial charge in [0.2, 0.25) is 0 Å². The Labute approximate surface area is 165 Å². The summed E-state index contributed by atoms with van der Waals surface area (Å²) in [5, 5.41) is 11.2. The van der Waals surface area contributed by atoms with E-state index in [1.165, 1.54) is 63.6 Å². The number of hydrogen-bond donors (Lipinski definition) is 2. The van der Waals surface area contributed by atoms with Crippen LogP contribution >= 0.6 is 0 Å². The van der Waals surface area contributed by atoms with Crippen molar-refractivity contribution in [3.05, 3.63) is 53.9 Å². The quantitative estimate of drug-likeness (QED) is 0.678. The highest BCUT2D eigenvalue weighted by Crippen LogP contribution is 2.38. The third-order valence-electron chi connectivity index (χ3n) is 6.51. The van der Waals surface area contributed by atoms with Gasteiger partial charge in [0.25, 0.3) is 0 Å². The van der Waals surface area contributed by atoms with Crippen molar-refractivity contribution >= 4 is 0 Å². The van der Waals surface area contributed by atoms with Crippen LogP contribution in [0.4, 0.5) is 0 Å². The van der Waals surface area contributed by atoms with Crippen molar-refractivity contribution < 1.29 is 0 Å². The van der Waals surface area contributed by atoms with Gasteiger partial charge in [-0.3, -0.25) is 5.10 Å². The van der Waals surface area contributed by atoms with Crippen molar-refractivity contribution in [3.8, 4) is 0 Å². The fourth-order valence-electron chi connectivity index (χ4n) is 5.03. The average Bonchev–Trinajstić information content (AvgIpc) is 3.30. The zero-order valence-corrected chi connectivity index (χ0v) is 17.2. The summed E-state index contributed by atoms with van der Waals surface area (Å²) in [6.07, 6.45) is 12.7. The minimum atomic E-state index is 0.622. The Balaban J connectivity index is 0.00000102. The van der Waals surface area contributed by atoms with E-state index in [2.05, 4.69) is 51.9 Å². The minimum absolute atomic E-state index is 0.622. The molecular formula is C24H37N3. The SMILES string of the molecule is CC.c1ccc(C2CCC(CCC3NCCCC3c3ccn[nH]3)CC2)cc1. The lowest BCUT2D eigenvalue weighted by atomic mass is 9.75. The van der Waals surface area contributed by atoms with Crippen molar-refractivity contribution in [1.82, 2.24) is 15.5 Å². The topological polar surface area (TPSA) is 40.7 Å². The van der Waals surface area contributed by atoms with Crippen LogP contribution in [0.3, 0.4) is 0 Å². The summed E-state index contributed by atoms with van der Waals surface area (Å²) < 4.78 is 0. The standard InChI is InChI=1S/C22H31N3.C2H6/c1-2-5-18(6-3-1)19-11-8-17(9-12-19)10-13-21-20(7-4-15-23-21)22-14-16-24-25-22;1-2/h1-3,5-6,14,16-17,19-21,23H,4,7-13,15H2,(H,24,25);1-2H3. The molecule has 0 radical (unpaired) electrons. The Bertz CT molecular complexity index is 614. The molecule has 4 rings (SSSR count). The van der Waals surface area contributed by atoms with Gasteiger partial charge in [0.05, 0.1) is 0 Å². The average molecular weight is 368 g/mol. The number of aromatic amines is 1. The van der Waals surface area contributed by atoms with Gasteiger partial charge in [0, 0.05) is 23.9 Å². The van der Waals surface area contributed by atoms with Gasteiger partial charge in [0.15, 0.2) is 0 Å². The summed E-state index contributed by atoms with van der Waals surface area (Å²) in [7, 11) is 0. The maximum Gasteiger partial charge on any atom is 0.0490 e. The fraction of sp³-hybridized carbons (Fsp3) is 0.625. The Morgan fingerprint density at radius 3 is 2.41 bits per heavy atom. The first-order chi connectivity index (χ1) is 13.4. The molecule has 1 saturated carbocycles. The van der Waals surface area contributed by atoms with E-state index in [1.807, 2.05) is 20.0 Å². The van der Waals surface area contributed by atoms with Crippen LogP contribution in [0.25, 0.3) is 0 Å². The van der Waals surface area contributed by atoms with E-state index in [1.54, 1.807) is 5.56 Å². The number of nitrogens with zero attached hydrogens (tertiary/aromatic N) is 1. The van der Waals surface area contributed by atoms with Crippen LogP contribution in [0.1, 0.15) is 88.3 Å². The summed E-state index contributed by atoms with van der Waals surface area (Å²) in [6.45, 7) is 5.18. The smallest absolute Gasteiger partial charge is 0.0490 e. The van der Waals surface area contributed by atoms with Crippen molar-refractivity contribution in [2.45, 2.75) is 83.1 Å². The lowest BCUT2D eigenvalue weighted by Crippen LogP contribution is -2.40. The molecule has 3 heteroatoms. The molecule has 0 spiro atoms. The summed E-state index contributed by atoms with van der Waals surface area (Å²) in [5.74, 6) is 2.34. The van der Waals surface area contributed by atoms with E-state index in [9.17, 15) is 0 Å². The second-order valence-corrected chi connectivity index (χ2v) is 8.03. The van der Waals surface area contributed by atoms with Crippen LogP contribution in [-0.4, -0.2) is 22.8 Å². The third-order valence-corrected chi connectivity index (χ3v) is 6.51. The lowest BCUT2D eigenvalue weighted by molar-refractivity contribution is 0.264. The number of piperidine rings is 1. The molecule has 3 nitrogen and oxygen atoms in total. The molecule has 0 amide bonds. The molecule has 2 aromatic rings. The molecular weight excluding hydrogens is 330 g/mol. The van der Waals surface area contributed by atoms with Crippen LogP contribution < -0.4 is 5.32 Å². The van der Waals surface area contributed by atoms with Crippen molar-refractivity contribution in [2.24, 2.45) is 5.92 Å². The van der Waals surface area contributed by atoms with E-state index >= 15 is 0 Å². The number of nitrogens with one attached hydrogen (secondary N) is 2. The predicted octanol–water partition coefficient (Wildman–Crippen LogP) is 6.03. The highest BCUT2D eigenvalue weighted by molar-refractivity contribution is 5.20. The molecule has 2 fully saturated rings. The molecule has 1 saturated heterocycles. The molecule has 2 atom stereocenters. The van der Waals surface area contributed by atoms with Gasteiger partial charge in [-0.25, -0.2) is 0 Å². The number of benzene rings is 1. The highest BCUT2D eigenvalue weighted by Gasteiger charge is 2.29. The largest absolute Gasteiger partial charge is 0.313 e. The number of rotatable bonds is 5. The Hall–Kier alpha value is -1.61. The zero-order chi connectivity index (χ0) is 18.9. The van der Waals surface area contributed by atoms with Gasteiger partial charge in [-0.15, -0.1) is 0 Å². The molecule has 2 heterocycles. The van der Waals surface area contributed by atoms with Crippen LogP contribution in [0.5, 0.6) is 0 Å². The lowest BCUT2D eigenvalue weighted by Gasteiger charge is -2.34. The summed E-state index contributed by atoms with van der Waals surface area (Å²) in [5.41, 5.74) is 2.87. The Morgan fingerprint density at radius 1 is 0.926 bits per heavy atom. The van der Waals surface area contributed by atoms with Crippen LogP contribution in [-0.2, 0) is 0 Å². The second kappa shape index (κ2) is 10.7. The third kappa shape index (κ3) is 5.44. The van der Waals surface area contributed by atoms with Gasteiger partial charge >= 0.3 is 0 Å². The molecule has 1 aliphatic heterocycles. The Morgan fingerprint density at radius 2 is 1.70 bits per heavy atom. The monoisotopic (exact) mass is 367 g/mol. The van der Waals surface area contributed by atoms with Gasteiger partial charge in [0.1, 0.15) is 0 Å². The molecule has 27 heavy (non-hydrogen) atoms. The first kappa shape index (κ1) is 20.1. The summed E-state index contributed by atoms with van der Waals surface area (Å²) in [4.78, 5) is 0. The zero-order valence-electron chi connectivity index (χ0n) is 17.2. The maximum absolute atomic E-state index is 4.17. The van der Waals surface area contributed by atoms with E-state index < -0.39 is 0 Å². The highest BCUT2D eigenvalue weighted by atomic mass is 15.1. The molecule has 1 aliphatic carbocycles. The maximum atomic E-state index is 4.17. The van der Waals surface area contributed by atoms with Crippen LogP contribution in [0, 0.1) is 5.92 Å². The summed E-state index contributed by atoms with van der Waals surface area (Å²) >= 11 is 0. The van der Waals surface area contributed by atoms with Crippen LogP contribution in [0.15, 0.2) is 42.6 Å². The number of aromatic nitrogens is 2. The molecule has 2 N–H and O–H groups in total. The molecule has 1 aromatic heterocycles. The first-order valence-corrected chi connectivity index (χ1v) is 11.2. The fourth-order valence-corrected chi connectivity index (χ4v) is 5.03. The second-order valence-electron chi connectivity index (χ2n) is 8.03. The molecule has 1 aromatic carbocycles. The van der Waals surface area contributed by atoms with E-state index in [4.69, 9.17) is 0 Å². The molecule has 0 bridgehead atoms. The van der Waals surface area contributed by atoms with Crippen molar-refractivity contribution in [3.63, 3.8) is 0 Å². The molecule has 148 valence electrons. The van der Waals surface area contributed by atoms with Gasteiger partial charge in [-0.2, -0.15) is 5.10 Å². The van der Waals surface area contributed by atoms with Crippen molar-refractivity contribution in [2.75, 3.05) is 6.54 Å². The predicted molar refractivity (Wildman–Crippen MR) is 114 cm³/mol. The van der Waals surface area contributed by atoms with Crippen LogP contribution in [0.2, 0.25) is 0 Å². The normalized spacial score (nSPS) is 28.2. The minimum Gasteiger partial charge on any atom is -0.313 e. The van der Waals surface area contributed by atoms with Gasteiger partial charge < -0.3 is 5.32 Å². The van der Waals surface area contributed by atoms with Gasteiger partial charge in [-0.05, 0) is 81.4 Å².